The van der Waals surface area contributed by atoms with Crippen molar-refractivity contribution in [1.29, 1.82) is 0 Å². The fourth-order valence-electron chi connectivity index (χ4n) is 1.57. The van der Waals surface area contributed by atoms with Crippen LogP contribution in [0.4, 0.5) is 4.39 Å². The molecule has 0 atom stereocenters. The average molecular weight is 254 g/mol. The lowest BCUT2D eigenvalue weighted by molar-refractivity contribution is 0.104. The SMILES string of the molecule is O=Cc1ccc(C=CC(=O)c2ccc(F)cc2)cc1. The summed E-state index contributed by atoms with van der Waals surface area (Å²) in [7, 11) is 0. The lowest BCUT2D eigenvalue weighted by Gasteiger charge is -1.96. The molecular formula is C16H11FO2. The Balaban J connectivity index is 2.10. The quantitative estimate of drug-likeness (QED) is 0.475. The topological polar surface area (TPSA) is 34.1 Å². The number of halogens is 1. The molecule has 0 saturated heterocycles. The largest absolute Gasteiger partial charge is 0.298 e. The van der Waals surface area contributed by atoms with Gasteiger partial charge in [0.25, 0.3) is 0 Å². The molecule has 0 fully saturated rings. The smallest absolute Gasteiger partial charge is 0.185 e. The number of aldehydes is 1. The molecule has 0 aliphatic rings. The molecule has 0 heterocycles. The van der Waals surface area contributed by atoms with Gasteiger partial charge in [0.05, 0.1) is 0 Å². The van der Waals surface area contributed by atoms with Gasteiger partial charge in [0.2, 0.25) is 0 Å². The molecule has 0 radical (unpaired) electrons. The van der Waals surface area contributed by atoms with Crippen molar-refractivity contribution in [3.63, 3.8) is 0 Å². The van der Waals surface area contributed by atoms with Gasteiger partial charge in [-0.15, -0.1) is 0 Å². The van der Waals surface area contributed by atoms with E-state index in [0.717, 1.165) is 11.8 Å². The summed E-state index contributed by atoms with van der Waals surface area (Å²) in [6, 6.07) is 12.2. The van der Waals surface area contributed by atoms with Crippen LogP contribution in [0.3, 0.4) is 0 Å². The lowest BCUT2D eigenvalue weighted by Crippen LogP contribution is -1.93. The molecule has 0 unspecified atom stereocenters. The molecular weight excluding hydrogens is 243 g/mol. The van der Waals surface area contributed by atoms with Gasteiger partial charge in [0.1, 0.15) is 12.1 Å². The van der Waals surface area contributed by atoms with Gasteiger partial charge in [-0.2, -0.15) is 0 Å². The highest BCUT2D eigenvalue weighted by Crippen LogP contribution is 2.08. The van der Waals surface area contributed by atoms with E-state index in [-0.39, 0.29) is 11.6 Å². The van der Waals surface area contributed by atoms with Crippen molar-refractivity contribution in [2.24, 2.45) is 0 Å². The molecule has 0 spiro atoms. The number of carbonyl (C=O) groups is 2. The third kappa shape index (κ3) is 3.45. The van der Waals surface area contributed by atoms with Crippen LogP contribution >= 0.6 is 0 Å². The molecule has 0 N–H and O–H groups in total. The van der Waals surface area contributed by atoms with Crippen LogP contribution in [0.15, 0.2) is 54.6 Å². The lowest BCUT2D eigenvalue weighted by atomic mass is 10.1. The molecule has 0 saturated carbocycles. The van der Waals surface area contributed by atoms with Crippen molar-refractivity contribution in [3.05, 3.63) is 77.1 Å². The van der Waals surface area contributed by atoms with Gasteiger partial charge >= 0.3 is 0 Å². The Morgan fingerprint density at radius 3 is 2.05 bits per heavy atom. The minimum atomic E-state index is -0.370. The van der Waals surface area contributed by atoms with Gasteiger partial charge in [-0.1, -0.05) is 30.3 Å². The number of ketones is 1. The van der Waals surface area contributed by atoms with Crippen LogP contribution in [-0.2, 0) is 0 Å². The van der Waals surface area contributed by atoms with E-state index in [2.05, 4.69) is 0 Å². The van der Waals surface area contributed by atoms with Gasteiger partial charge < -0.3 is 0 Å². The molecule has 3 heteroatoms. The third-order valence-electron chi connectivity index (χ3n) is 2.63. The molecule has 0 bridgehead atoms. The highest BCUT2D eigenvalue weighted by atomic mass is 19.1. The Bertz CT molecular complexity index is 610. The van der Waals surface area contributed by atoms with E-state index in [1.165, 1.54) is 30.3 Å². The number of hydrogen-bond acceptors (Lipinski definition) is 2. The maximum absolute atomic E-state index is 12.7. The Hall–Kier alpha value is -2.55. The highest BCUT2D eigenvalue weighted by molar-refractivity contribution is 6.06. The second-order valence-corrected chi connectivity index (χ2v) is 3.99. The highest BCUT2D eigenvalue weighted by Gasteiger charge is 2.01. The Labute approximate surface area is 110 Å². The summed E-state index contributed by atoms with van der Waals surface area (Å²) in [5.74, 6) is -0.565. The summed E-state index contributed by atoms with van der Waals surface area (Å²) < 4.78 is 12.7. The molecule has 94 valence electrons. The first-order valence-electron chi connectivity index (χ1n) is 5.72. The van der Waals surface area contributed by atoms with Gasteiger partial charge in [-0.05, 0) is 35.9 Å². The van der Waals surface area contributed by atoms with Gasteiger partial charge in [0.15, 0.2) is 5.78 Å². The predicted molar refractivity (Wildman–Crippen MR) is 71.6 cm³/mol. The molecule has 0 aromatic heterocycles. The van der Waals surface area contributed by atoms with E-state index in [9.17, 15) is 14.0 Å². The van der Waals surface area contributed by atoms with Crippen LogP contribution in [0.2, 0.25) is 0 Å². The average Bonchev–Trinajstić information content (AvgIpc) is 2.46. The van der Waals surface area contributed by atoms with Crippen molar-refractivity contribution in [2.75, 3.05) is 0 Å². The van der Waals surface area contributed by atoms with E-state index in [4.69, 9.17) is 0 Å². The molecule has 0 aliphatic carbocycles. The predicted octanol–water partition coefficient (Wildman–Crippen LogP) is 3.53. The fraction of sp³-hybridized carbons (Fsp3) is 0. The van der Waals surface area contributed by atoms with Crippen LogP contribution in [0.25, 0.3) is 6.08 Å². The first-order chi connectivity index (χ1) is 9.19. The summed E-state index contributed by atoms with van der Waals surface area (Å²) in [6.07, 6.45) is 3.83. The van der Waals surface area contributed by atoms with E-state index in [0.29, 0.717) is 11.1 Å². The zero-order chi connectivity index (χ0) is 13.7. The van der Waals surface area contributed by atoms with Gasteiger partial charge in [0, 0.05) is 11.1 Å². The molecule has 0 aliphatic heterocycles. The fourth-order valence-corrected chi connectivity index (χ4v) is 1.57. The zero-order valence-electron chi connectivity index (χ0n) is 10.0. The maximum Gasteiger partial charge on any atom is 0.185 e. The van der Waals surface area contributed by atoms with E-state index >= 15 is 0 Å². The first kappa shape index (κ1) is 12.9. The van der Waals surface area contributed by atoms with E-state index in [1.807, 2.05) is 0 Å². The summed E-state index contributed by atoms with van der Waals surface area (Å²) in [5.41, 5.74) is 1.84. The summed E-state index contributed by atoms with van der Waals surface area (Å²) in [5, 5.41) is 0. The Morgan fingerprint density at radius 1 is 0.895 bits per heavy atom. The van der Waals surface area contributed by atoms with Crippen molar-refractivity contribution >= 4 is 18.1 Å². The third-order valence-corrected chi connectivity index (χ3v) is 2.63. The standard InChI is InChI=1S/C16H11FO2/c17-15-8-6-14(7-9-15)16(19)10-5-12-1-3-13(11-18)4-2-12/h1-11H. The minimum Gasteiger partial charge on any atom is -0.298 e. The van der Waals surface area contributed by atoms with Crippen molar-refractivity contribution < 1.29 is 14.0 Å². The van der Waals surface area contributed by atoms with Crippen LogP contribution in [-0.4, -0.2) is 12.1 Å². The van der Waals surface area contributed by atoms with Crippen LogP contribution < -0.4 is 0 Å². The van der Waals surface area contributed by atoms with E-state index < -0.39 is 0 Å². The van der Waals surface area contributed by atoms with Crippen molar-refractivity contribution in [2.45, 2.75) is 0 Å². The summed E-state index contributed by atoms with van der Waals surface area (Å²) in [6.45, 7) is 0. The monoisotopic (exact) mass is 254 g/mol. The molecule has 2 aromatic carbocycles. The van der Waals surface area contributed by atoms with Gasteiger partial charge in [-0.3, -0.25) is 9.59 Å². The number of carbonyl (C=O) groups excluding carboxylic acids is 2. The summed E-state index contributed by atoms with van der Waals surface area (Å²) in [4.78, 5) is 22.3. The molecule has 19 heavy (non-hydrogen) atoms. The number of hydrogen-bond donors (Lipinski definition) is 0. The second-order valence-electron chi connectivity index (χ2n) is 3.99. The van der Waals surface area contributed by atoms with Crippen molar-refractivity contribution in [3.8, 4) is 0 Å². The summed E-state index contributed by atoms with van der Waals surface area (Å²) >= 11 is 0. The maximum atomic E-state index is 12.7. The van der Waals surface area contributed by atoms with Crippen LogP contribution in [0.1, 0.15) is 26.3 Å². The molecule has 2 rings (SSSR count). The minimum absolute atomic E-state index is 0.195. The van der Waals surface area contributed by atoms with Crippen molar-refractivity contribution in [1.82, 2.24) is 0 Å². The number of allylic oxidation sites excluding steroid dienone is 1. The zero-order valence-corrected chi connectivity index (χ0v) is 10.0. The molecule has 2 nitrogen and oxygen atoms in total. The van der Waals surface area contributed by atoms with E-state index in [1.54, 1.807) is 30.3 Å². The number of rotatable bonds is 4. The molecule has 2 aromatic rings. The molecule has 0 amide bonds. The van der Waals surface area contributed by atoms with Crippen LogP contribution in [0.5, 0.6) is 0 Å². The second kappa shape index (κ2) is 5.87. The van der Waals surface area contributed by atoms with Gasteiger partial charge in [-0.25, -0.2) is 4.39 Å². The normalized spacial score (nSPS) is 10.6. The Morgan fingerprint density at radius 2 is 1.47 bits per heavy atom. The number of benzene rings is 2. The van der Waals surface area contributed by atoms with Crippen LogP contribution in [0, 0.1) is 5.82 Å². The Kier molecular flexibility index (Phi) is 3.98. The first-order valence-corrected chi connectivity index (χ1v) is 5.72.